The zero-order valence-electron chi connectivity index (χ0n) is 22.3. The highest BCUT2D eigenvalue weighted by Crippen LogP contribution is 2.53. The molecule has 0 bridgehead atoms. The largest absolute Gasteiger partial charge is 0.508 e. The number of nitrogens with zero attached hydrogens (tertiary/aromatic N) is 2. The summed E-state index contributed by atoms with van der Waals surface area (Å²) in [6, 6.07) is 0.318. The molecule has 6 N–H and O–H groups in total. The molecule has 1 saturated carbocycles. The maximum Gasteiger partial charge on any atom is 0.255 e. The highest BCUT2D eigenvalue weighted by molar-refractivity contribution is 6.24. The number of likely N-dealkylation sites (N-methyl/N-ethyl adjacent to an activating group) is 1. The van der Waals surface area contributed by atoms with Crippen molar-refractivity contribution in [3.63, 3.8) is 0 Å². The van der Waals surface area contributed by atoms with Gasteiger partial charge in [-0.2, -0.15) is 0 Å². The average Bonchev–Trinajstić information content (AvgIpc) is 3.23. The Bertz CT molecular complexity index is 1350. The number of ketones is 2. The quantitative estimate of drug-likeness (QED) is 0.324. The van der Waals surface area contributed by atoms with Gasteiger partial charge in [0, 0.05) is 35.2 Å². The van der Waals surface area contributed by atoms with Crippen molar-refractivity contribution >= 4 is 48.0 Å². The van der Waals surface area contributed by atoms with Gasteiger partial charge in [-0.1, -0.05) is 0 Å². The number of hydrogen-bond donors (Lipinski definition) is 5. The van der Waals surface area contributed by atoms with Gasteiger partial charge in [0.05, 0.1) is 11.6 Å². The number of carbonyl (C=O) groups is 3. The fourth-order valence-corrected chi connectivity index (χ4v) is 6.91. The third-order valence-electron chi connectivity index (χ3n) is 8.79. The number of aliphatic hydroxyl groups excluding tert-OH is 2. The van der Waals surface area contributed by atoms with Crippen molar-refractivity contribution in [3.8, 4) is 5.75 Å². The number of hydrogen-bond acceptors (Lipinski definition) is 9. The van der Waals surface area contributed by atoms with Crippen LogP contribution in [0, 0.1) is 17.7 Å². The molecule has 10 nitrogen and oxygen atoms in total. The number of aliphatic hydroxyl groups is 3. The first kappa shape index (κ1) is 31.8. The number of rotatable bonds is 4. The summed E-state index contributed by atoms with van der Waals surface area (Å²) < 4.78 is 15.9. The Labute approximate surface area is 243 Å². The van der Waals surface area contributed by atoms with Crippen LogP contribution in [0.5, 0.6) is 5.75 Å². The first-order valence-corrected chi connectivity index (χ1v) is 12.7. The summed E-state index contributed by atoms with van der Waals surface area (Å²) in [4.78, 5) is 42.5. The molecule has 1 aliphatic heterocycles. The van der Waals surface area contributed by atoms with Crippen LogP contribution in [-0.2, 0) is 27.3 Å². The lowest BCUT2D eigenvalue weighted by atomic mass is 9.57. The van der Waals surface area contributed by atoms with Crippen molar-refractivity contribution in [3.05, 3.63) is 45.5 Å². The van der Waals surface area contributed by atoms with Crippen LogP contribution < -0.4 is 5.73 Å². The molecule has 220 valence electrons. The minimum absolute atomic E-state index is 0. The van der Waals surface area contributed by atoms with E-state index in [2.05, 4.69) is 11.8 Å². The van der Waals surface area contributed by atoms with Gasteiger partial charge in [0.1, 0.15) is 28.7 Å². The van der Waals surface area contributed by atoms with Crippen molar-refractivity contribution in [1.82, 2.24) is 9.80 Å². The van der Waals surface area contributed by atoms with E-state index in [-0.39, 0.29) is 72.5 Å². The topological polar surface area (TPSA) is 165 Å². The smallest absolute Gasteiger partial charge is 0.255 e. The number of nitrogens with two attached hydrogens (primary N) is 1. The van der Waals surface area contributed by atoms with Gasteiger partial charge in [-0.3, -0.25) is 24.2 Å². The van der Waals surface area contributed by atoms with Crippen molar-refractivity contribution in [2.45, 2.75) is 56.8 Å². The zero-order chi connectivity index (χ0) is 27.8. The Morgan fingerprint density at radius 3 is 2.42 bits per heavy atom. The number of halogens is 3. The monoisotopic (exact) mass is 601 g/mol. The van der Waals surface area contributed by atoms with Crippen molar-refractivity contribution in [2.75, 3.05) is 20.6 Å². The third-order valence-corrected chi connectivity index (χ3v) is 8.79. The molecule has 40 heavy (non-hydrogen) atoms. The molecule has 1 aromatic rings. The van der Waals surface area contributed by atoms with Gasteiger partial charge in [0.2, 0.25) is 5.78 Å². The van der Waals surface area contributed by atoms with Gasteiger partial charge < -0.3 is 26.2 Å². The molecule has 3 aliphatic carbocycles. The number of likely N-dealkylation sites (tertiary alicyclic amines) is 1. The van der Waals surface area contributed by atoms with Gasteiger partial charge in [-0.15, -0.1) is 24.8 Å². The Kier molecular flexibility index (Phi) is 8.70. The molecule has 4 aliphatic rings. The van der Waals surface area contributed by atoms with Crippen LogP contribution in [0.2, 0.25) is 0 Å². The Hall–Kier alpha value is -2.70. The molecule has 2 fully saturated rings. The number of phenols is 1. The van der Waals surface area contributed by atoms with Gasteiger partial charge >= 0.3 is 0 Å². The van der Waals surface area contributed by atoms with Gasteiger partial charge in [-0.05, 0) is 65.2 Å². The molecule has 5 rings (SSSR count). The van der Waals surface area contributed by atoms with E-state index in [4.69, 9.17) is 5.73 Å². The molecular weight excluding hydrogens is 568 g/mol. The summed E-state index contributed by atoms with van der Waals surface area (Å²) in [7, 11) is 3.05. The van der Waals surface area contributed by atoms with E-state index in [9.17, 15) is 34.8 Å². The number of aromatic hydroxyl groups is 1. The molecule has 0 aromatic heterocycles. The lowest BCUT2D eigenvalue weighted by Gasteiger charge is -2.50. The summed E-state index contributed by atoms with van der Waals surface area (Å²) in [6.07, 6.45) is 1.83. The van der Waals surface area contributed by atoms with Crippen LogP contribution in [-0.4, -0.2) is 86.0 Å². The van der Waals surface area contributed by atoms with E-state index in [0.29, 0.717) is 0 Å². The molecule has 1 heterocycles. The van der Waals surface area contributed by atoms with Crippen molar-refractivity contribution in [1.29, 1.82) is 0 Å². The molecule has 0 radical (unpaired) electrons. The summed E-state index contributed by atoms with van der Waals surface area (Å²) >= 11 is 0. The highest BCUT2D eigenvalue weighted by atomic mass is 35.5. The molecule has 1 saturated heterocycles. The van der Waals surface area contributed by atoms with E-state index in [1.54, 1.807) is 0 Å². The van der Waals surface area contributed by atoms with Crippen molar-refractivity contribution in [2.24, 2.45) is 17.6 Å². The Morgan fingerprint density at radius 1 is 1.23 bits per heavy atom. The molecule has 1 amide bonds. The lowest BCUT2D eigenvalue weighted by Crippen LogP contribution is -2.65. The van der Waals surface area contributed by atoms with E-state index in [1.165, 1.54) is 25.1 Å². The first-order chi connectivity index (χ1) is 17.8. The van der Waals surface area contributed by atoms with Crippen molar-refractivity contribution < 1.29 is 39.2 Å². The summed E-state index contributed by atoms with van der Waals surface area (Å²) in [5.74, 6) is -8.10. The molecule has 1 aromatic carbocycles. The summed E-state index contributed by atoms with van der Waals surface area (Å²) in [5.41, 5.74) is 1.52. The number of carbonyl (C=O) groups excluding carboxylic acids is 3. The van der Waals surface area contributed by atoms with Gasteiger partial charge in [-0.25, -0.2) is 4.39 Å². The number of amides is 1. The second kappa shape index (κ2) is 10.9. The van der Waals surface area contributed by atoms with Crippen LogP contribution in [0.15, 0.2) is 23.0 Å². The third kappa shape index (κ3) is 4.39. The molecule has 13 heteroatoms. The SMILES string of the molecule is C[C@@H]1CCCN1Cc1cc(O)c2c(c1F)C[C@H]1C[C@H]3[C@H](N(C)C)C(=O)C(C(N)=O)=C(O)[C@@]3(O)C(=O)C1=C2O.Cl.Cl. The van der Waals surface area contributed by atoms with E-state index in [0.717, 1.165) is 19.4 Å². The second-order valence-electron chi connectivity index (χ2n) is 11.1. The zero-order valence-corrected chi connectivity index (χ0v) is 23.9. The fourth-order valence-electron chi connectivity index (χ4n) is 6.91. The van der Waals surface area contributed by atoms with Crippen LogP contribution in [0.3, 0.4) is 0 Å². The van der Waals surface area contributed by atoms with E-state index >= 15 is 4.39 Å². The molecule has 0 spiro atoms. The summed E-state index contributed by atoms with van der Waals surface area (Å²) in [6.45, 7) is 3.14. The maximum absolute atomic E-state index is 15.9. The standard InChI is InChI=1S/C27H32FN3O7.2ClH/c1-11-5-4-6-31(11)10-13-9-16(32)18-14(20(13)28)7-12-8-15-21(30(2)3)23(34)19(26(29)37)25(36)27(15,38)24(35)17(12)22(18)33;;/h9,11-12,15,21,32-33,36,38H,4-8,10H2,1-3H3,(H2,29,37);2*1H/t11-,12+,15+,21+,27+;;/m1../s1. The fraction of sp³-hybridized carbons (Fsp3) is 0.519. The Morgan fingerprint density at radius 2 is 1.88 bits per heavy atom. The molecule has 0 unspecified atom stereocenters. The minimum atomic E-state index is -2.72. The number of primary amides is 1. The maximum atomic E-state index is 15.9. The van der Waals surface area contributed by atoms with Crippen LogP contribution in [0.1, 0.15) is 42.9 Å². The van der Waals surface area contributed by atoms with Gasteiger partial charge in [0.25, 0.3) is 5.91 Å². The lowest BCUT2D eigenvalue weighted by molar-refractivity contribution is -0.153. The van der Waals surface area contributed by atoms with E-state index < -0.39 is 69.6 Å². The predicted molar refractivity (Wildman–Crippen MR) is 148 cm³/mol. The van der Waals surface area contributed by atoms with Crippen LogP contribution in [0.4, 0.5) is 4.39 Å². The second-order valence-corrected chi connectivity index (χ2v) is 11.1. The number of benzene rings is 1. The Balaban J connectivity index is 0.00000220. The van der Waals surface area contributed by atoms with Crippen LogP contribution in [0.25, 0.3) is 5.76 Å². The van der Waals surface area contributed by atoms with Crippen LogP contribution >= 0.6 is 24.8 Å². The normalized spacial score (nSPS) is 29.9. The van der Waals surface area contributed by atoms with Gasteiger partial charge in [0.15, 0.2) is 11.4 Å². The predicted octanol–water partition coefficient (Wildman–Crippen LogP) is 1.93. The minimum Gasteiger partial charge on any atom is -0.508 e. The highest BCUT2D eigenvalue weighted by Gasteiger charge is 2.64. The number of phenolic OH excluding ortho intramolecular Hbond substituents is 1. The molecular formula is C27H34Cl2FN3O7. The van der Waals surface area contributed by atoms with E-state index in [1.807, 2.05) is 0 Å². The molecule has 5 atom stereocenters. The summed E-state index contributed by atoms with van der Waals surface area (Å²) in [5, 5.41) is 44.5. The average molecular weight is 602 g/mol. The number of Topliss-reactive ketones (excluding diaryl/α,β-unsaturated/α-hetero) is 2. The first-order valence-electron chi connectivity index (χ1n) is 12.7. The number of fused-ring (bicyclic) bond motifs is 3.